The lowest BCUT2D eigenvalue weighted by atomic mass is 9.98. The lowest BCUT2D eigenvalue weighted by Crippen LogP contribution is -2.27. The average molecular weight is 255 g/mol. The standard InChI is InChI=1S/C12H17NO3S/c1-9-8-17-12(15)13(9)7-11(14)16-10-5-3-2-4-6-10/h8,10H,2-7H2,1H3. The number of carbonyl (C=O) groups excluding carboxylic acids is 1. The van der Waals surface area contributed by atoms with E-state index in [1.165, 1.54) is 11.0 Å². The Morgan fingerprint density at radius 1 is 1.47 bits per heavy atom. The Labute approximate surface area is 104 Å². The molecule has 0 amide bonds. The first kappa shape index (κ1) is 12.4. The molecule has 0 aromatic carbocycles. The van der Waals surface area contributed by atoms with Crippen molar-refractivity contribution < 1.29 is 9.53 Å². The molecular weight excluding hydrogens is 238 g/mol. The highest BCUT2D eigenvalue weighted by molar-refractivity contribution is 7.07. The van der Waals surface area contributed by atoms with E-state index in [4.69, 9.17) is 4.74 Å². The summed E-state index contributed by atoms with van der Waals surface area (Å²) in [6.45, 7) is 1.87. The molecule has 0 radical (unpaired) electrons. The molecule has 0 spiro atoms. The maximum Gasteiger partial charge on any atom is 0.326 e. The van der Waals surface area contributed by atoms with Gasteiger partial charge in [0.05, 0.1) is 0 Å². The van der Waals surface area contributed by atoms with E-state index in [0.29, 0.717) is 0 Å². The third-order valence-corrected chi connectivity index (χ3v) is 3.99. The fraction of sp³-hybridized carbons (Fsp3) is 0.667. The molecule has 0 aliphatic heterocycles. The van der Waals surface area contributed by atoms with Crippen LogP contribution in [0, 0.1) is 6.92 Å². The summed E-state index contributed by atoms with van der Waals surface area (Å²) in [6.07, 6.45) is 5.49. The summed E-state index contributed by atoms with van der Waals surface area (Å²) in [5.74, 6) is -0.291. The SMILES string of the molecule is Cc1csc(=O)n1CC(=O)OC1CCCCC1. The first-order valence-corrected chi connectivity index (χ1v) is 6.89. The molecular formula is C12H17NO3S. The van der Waals surface area contributed by atoms with E-state index in [2.05, 4.69) is 0 Å². The molecule has 4 nitrogen and oxygen atoms in total. The van der Waals surface area contributed by atoms with Crippen LogP contribution in [0.5, 0.6) is 0 Å². The number of esters is 1. The van der Waals surface area contributed by atoms with E-state index in [1.807, 2.05) is 6.92 Å². The number of carbonyl (C=O) groups is 1. The van der Waals surface area contributed by atoms with E-state index < -0.39 is 0 Å². The van der Waals surface area contributed by atoms with E-state index >= 15 is 0 Å². The minimum atomic E-state index is -0.291. The molecule has 1 aromatic rings. The van der Waals surface area contributed by atoms with Crippen LogP contribution in [0.3, 0.4) is 0 Å². The first-order chi connectivity index (χ1) is 8.16. The summed E-state index contributed by atoms with van der Waals surface area (Å²) in [7, 11) is 0. The Morgan fingerprint density at radius 3 is 2.76 bits per heavy atom. The molecule has 0 unspecified atom stereocenters. The van der Waals surface area contributed by atoms with Crippen LogP contribution in [0.4, 0.5) is 0 Å². The summed E-state index contributed by atoms with van der Waals surface area (Å²) in [4.78, 5) is 23.1. The lowest BCUT2D eigenvalue weighted by Gasteiger charge is -2.21. The van der Waals surface area contributed by atoms with Crippen molar-refractivity contribution in [2.24, 2.45) is 0 Å². The predicted octanol–water partition coefficient (Wildman–Crippen LogP) is 2.09. The molecule has 5 heteroatoms. The monoisotopic (exact) mass is 255 g/mol. The smallest absolute Gasteiger partial charge is 0.326 e. The van der Waals surface area contributed by atoms with Gasteiger partial charge in [-0.2, -0.15) is 0 Å². The topological polar surface area (TPSA) is 48.3 Å². The number of hydrogen-bond donors (Lipinski definition) is 0. The van der Waals surface area contributed by atoms with Gasteiger partial charge >= 0.3 is 10.8 Å². The van der Waals surface area contributed by atoms with Crippen LogP contribution in [0.2, 0.25) is 0 Å². The molecule has 94 valence electrons. The van der Waals surface area contributed by atoms with E-state index in [9.17, 15) is 9.59 Å². The van der Waals surface area contributed by atoms with Crippen molar-refractivity contribution in [2.75, 3.05) is 0 Å². The van der Waals surface area contributed by atoms with Crippen molar-refractivity contribution >= 4 is 17.3 Å². The van der Waals surface area contributed by atoms with Gasteiger partial charge in [0.2, 0.25) is 0 Å². The van der Waals surface area contributed by atoms with Gasteiger partial charge in [-0.1, -0.05) is 17.8 Å². The zero-order valence-electron chi connectivity index (χ0n) is 9.98. The van der Waals surface area contributed by atoms with Crippen LogP contribution in [0.1, 0.15) is 37.8 Å². The van der Waals surface area contributed by atoms with E-state index in [1.54, 1.807) is 5.38 Å². The number of ether oxygens (including phenoxy) is 1. The van der Waals surface area contributed by atoms with Crippen molar-refractivity contribution in [1.29, 1.82) is 0 Å². The Bertz CT molecular complexity index is 443. The quantitative estimate of drug-likeness (QED) is 0.777. The van der Waals surface area contributed by atoms with Crippen LogP contribution >= 0.6 is 11.3 Å². The number of rotatable bonds is 3. The fourth-order valence-electron chi connectivity index (χ4n) is 2.13. The van der Waals surface area contributed by atoms with Gasteiger partial charge in [0.25, 0.3) is 0 Å². The maximum atomic E-state index is 11.7. The fourth-order valence-corrected chi connectivity index (χ4v) is 2.87. The number of aromatic nitrogens is 1. The van der Waals surface area contributed by atoms with Crippen LogP contribution in [0.25, 0.3) is 0 Å². The summed E-state index contributed by atoms with van der Waals surface area (Å²) < 4.78 is 6.85. The number of aryl methyl sites for hydroxylation is 1. The minimum absolute atomic E-state index is 0.0463. The normalized spacial score (nSPS) is 17.0. The summed E-state index contributed by atoms with van der Waals surface area (Å²) >= 11 is 1.12. The van der Waals surface area contributed by atoms with Crippen molar-refractivity contribution in [3.05, 3.63) is 20.7 Å². The molecule has 1 aliphatic carbocycles. The van der Waals surface area contributed by atoms with Gasteiger partial charge in [0.15, 0.2) is 0 Å². The van der Waals surface area contributed by atoms with Crippen LogP contribution in [-0.4, -0.2) is 16.6 Å². The van der Waals surface area contributed by atoms with Gasteiger partial charge in [-0.15, -0.1) is 0 Å². The van der Waals surface area contributed by atoms with Crippen LogP contribution in [0.15, 0.2) is 10.2 Å². The third-order valence-electron chi connectivity index (χ3n) is 3.11. The molecule has 1 heterocycles. The van der Waals surface area contributed by atoms with Gasteiger partial charge < -0.3 is 4.74 Å². The van der Waals surface area contributed by atoms with Crippen molar-refractivity contribution in [1.82, 2.24) is 4.57 Å². The van der Waals surface area contributed by atoms with Gasteiger partial charge in [0, 0.05) is 11.1 Å². The predicted molar refractivity (Wildman–Crippen MR) is 66.3 cm³/mol. The molecule has 1 aromatic heterocycles. The molecule has 0 N–H and O–H groups in total. The van der Waals surface area contributed by atoms with Gasteiger partial charge in [-0.05, 0) is 32.6 Å². The Kier molecular flexibility index (Phi) is 3.99. The second-order valence-electron chi connectivity index (χ2n) is 4.48. The Hall–Kier alpha value is -1.10. The highest BCUT2D eigenvalue weighted by atomic mass is 32.1. The van der Waals surface area contributed by atoms with Crippen molar-refractivity contribution in [3.8, 4) is 0 Å². The highest BCUT2D eigenvalue weighted by Gasteiger charge is 2.18. The lowest BCUT2D eigenvalue weighted by molar-refractivity contribution is -0.151. The molecule has 1 saturated carbocycles. The minimum Gasteiger partial charge on any atom is -0.461 e. The van der Waals surface area contributed by atoms with Crippen LogP contribution < -0.4 is 4.87 Å². The van der Waals surface area contributed by atoms with E-state index in [0.717, 1.165) is 42.7 Å². The summed E-state index contributed by atoms with van der Waals surface area (Å²) in [6, 6.07) is 0. The Morgan fingerprint density at radius 2 is 2.18 bits per heavy atom. The van der Waals surface area contributed by atoms with E-state index in [-0.39, 0.29) is 23.5 Å². The van der Waals surface area contributed by atoms with Crippen LogP contribution in [-0.2, 0) is 16.1 Å². The molecule has 2 rings (SSSR count). The number of thiazole rings is 1. The zero-order valence-corrected chi connectivity index (χ0v) is 10.8. The highest BCUT2D eigenvalue weighted by Crippen LogP contribution is 2.20. The molecule has 0 bridgehead atoms. The summed E-state index contributed by atoms with van der Waals surface area (Å²) in [5, 5.41) is 1.76. The molecule has 0 atom stereocenters. The summed E-state index contributed by atoms with van der Waals surface area (Å²) in [5.41, 5.74) is 0.820. The maximum absolute atomic E-state index is 11.7. The molecule has 1 aliphatic rings. The molecule has 17 heavy (non-hydrogen) atoms. The average Bonchev–Trinajstić information content (AvgIpc) is 2.62. The second-order valence-corrected chi connectivity index (χ2v) is 5.30. The second kappa shape index (κ2) is 5.49. The third kappa shape index (κ3) is 3.19. The zero-order chi connectivity index (χ0) is 12.3. The van der Waals surface area contributed by atoms with Crippen molar-refractivity contribution in [2.45, 2.75) is 51.7 Å². The van der Waals surface area contributed by atoms with Gasteiger partial charge in [-0.3, -0.25) is 14.2 Å². The number of nitrogens with zero attached hydrogens (tertiary/aromatic N) is 1. The largest absolute Gasteiger partial charge is 0.461 e. The van der Waals surface area contributed by atoms with Gasteiger partial charge in [-0.25, -0.2) is 0 Å². The van der Waals surface area contributed by atoms with Gasteiger partial charge in [0.1, 0.15) is 12.6 Å². The molecule has 1 fully saturated rings. The Balaban J connectivity index is 1.91. The molecule has 0 saturated heterocycles. The first-order valence-electron chi connectivity index (χ1n) is 6.01. The number of hydrogen-bond acceptors (Lipinski definition) is 4. The van der Waals surface area contributed by atoms with Crippen molar-refractivity contribution in [3.63, 3.8) is 0 Å².